The van der Waals surface area contributed by atoms with E-state index in [1.54, 1.807) is 38.4 Å². The quantitative estimate of drug-likeness (QED) is 0.736. The number of aromatic nitrogens is 5. The van der Waals surface area contributed by atoms with E-state index < -0.39 is 5.56 Å². The van der Waals surface area contributed by atoms with Gasteiger partial charge in [-0.1, -0.05) is 11.3 Å². The Morgan fingerprint density at radius 3 is 3.00 bits per heavy atom. The van der Waals surface area contributed by atoms with Crippen molar-refractivity contribution in [3.8, 4) is 5.75 Å². The van der Waals surface area contributed by atoms with E-state index in [1.807, 2.05) is 0 Å². The molecular weight excluding hydrogens is 300 g/mol. The summed E-state index contributed by atoms with van der Waals surface area (Å²) in [6, 6.07) is 6.94. The molecule has 1 N–H and O–H groups in total. The number of carbonyl (C=O) groups is 1. The van der Waals surface area contributed by atoms with Crippen LogP contribution in [0.5, 0.6) is 5.75 Å². The van der Waals surface area contributed by atoms with Crippen molar-refractivity contribution in [2.45, 2.75) is 6.54 Å². The Balaban J connectivity index is 1.80. The van der Waals surface area contributed by atoms with Gasteiger partial charge in [0.05, 0.1) is 7.11 Å². The fourth-order valence-electron chi connectivity index (χ4n) is 2.12. The molecular formula is C14H14N6O3. The number of methoxy groups -OCH3 is 1. The van der Waals surface area contributed by atoms with Crippen molar-refractivity contribution >= 4 is 22.8 Å². The number of fused-ring (bicyclic) bond motifs is 1. The van der Waals surface area contributed by atoms with Crippen LogP contribution in [-0.4, -0.2) is 37.6 Å². The third kappa shape index (κ3) is 2.89. The van der Waals surface area contributed by atoms with E-state index in [0.717, 1.165) is 0 Å². The van der Waals surface area contributed by atoms with Gasteiger partial charge in [-0.05, 0) is 12.1 Å². The SMILES string of the molecule is COc1cccc(NC(=O)Cn2cnc3c(nnn3C)c2=O)c1. The molecule has 0 bridgehead atoms. The zero-order valence-electron chi connectivity index (χ0n) is 12.6. The van der Waals surface area contributed by atoms with Gasteiger partial charge in [0.2, 0.25) is 5.91 Å². The normalized spacial score (nSPS) is 10.7. The number of hydrogen-bond acceptors (Lipinski definition) is 6. The maximum absolute atomic E-state index is 12.2. The number of hydrogen-bond donors (Lipinski definition) is 1. The second kappa shape index (κ2) is 5.87. The second-order valence-corrected chi connectivity index (χ2v) is 4.84. The molecule has 23 heavy (non-hydrogen) atoms. The first-order valence-corrected chi connectivity index (χ1v) is 6.77. The number of amides is 1. The van der Waals surface area contributed by atoms with Gasteiger partial charge in [-0.3, -0.25) is 14.2 Å². The number of carbonyl (C=O) groups excluding carboxylic acids is 1. The van der Waals surface area contributed by atoms with E-state index in [2.05, 4.69) is 20.6 Å². The lowest BCUT2D eigenvalue weighted by Gasteiger charge is -2.08. The van der Waals surface area contributed by atoms with Crippen LogP contribution in [-0.2, 0) is 18.4 Å². The van der Waals surface area contributed by atoms with Crippen molar-refractivity contribution in [1.82, 2.24) is 24.5 Å². The number of nitrogens with zero attached hydrogens (tertiary/aromatic N) is 5. The lowest BCUT2D eigenvalue weighted by atomic mass is 10.3. The molecule has 1 amide bonds. The van der Waals surface area contributed by atoms with Crippen LogP contribution in [0.25, 0.3) is 11.2 Å². The number of benzene rings is 1. The summed E-state index contributed by atoms with van der Waals surface area (Å²) in [5, 5.41) is 10.2. The molecule has 0 spiro atoms. The summed E-state index contributed by atoms with van der Waals surface area (Å²) in [5.74, 6) is 0.271. The van der Waals surface area contributed by atoms with Crippen LogP contribution < -0.4 is 15.6 Å². The van der Waals surface area contributed by atoms with Gasteiger partial charge in [0.15, 0.2) is 11.2 Å². The van der Waals surface area contributed by atoms with Crippen molar-refractivity contribution in [1.29, 1.82) is 0 Å². The van der Waals surface area contributed by atoms with Gasteiger partial charge in [0, 0.05) is 18.8 Å². The summed E-state index contributed by atoms with van der Waals surface area (Å²) in [6.45, 7) is -0.171. The van der Waals surface area contributed by atoms with E-state index in [-0.39, 0.29) is 18.0 Å². The van der Waals surface area contributed by atoms with Gasteiger partial charge in [-0.25, -0.2) is 9.67 Å². The zero-order valence-corrected chi connectivity index (χ0v) is 12.6. The molecule has 118 valence electrons. The molecule has 9 heteroatoms. The summed E-state index contributed by atoms with van der Waals surface area (Å²) < 4.78 is 7.68. The van der Waals surface area contributed by atoms with Crippen molar-refractivity contribution in [3.63, 3.8) is 0 Å². The van der Waals surface area contributed by atoms with Gasteiger partial charge in [-0.15, -0.1) is 5.10 Å². The van der Waals surface area contributed by atoms with E-state index in [1.165, 1.54) is 15.6 Å². The number of ether oxygens (including phenoxy) is 1. The van der Waals surface area contributed by atoms with Crippen LogP contribution in [0.2, 0.25) is 0 Å². The molecule has 0 aliphatic heterocycles. The minimum atomic E-state index is -0.413. The van der Waals surface area contributed by atoms with Crippen molar-refractivity contribution in [2.75, 3.05) is 12.4 Å². The van der Waals surface area contributed by atoms with Crippen molar-refractivity contribution < 1.29 is 9.53 Å². The molecule has 3 rings (SSSR count). The molecule has 1 aromatic carbocycles. The lowest BCUT2D eigenvalue weighted by molar-refractivity contribution is -0.116. The summed E-state index contributed by atoms with van der Waals surface area (Å²) >= 11 is 0. The van der Waals surface area contributed by atoms with Crippen LogP contribution in [0, 0.1) is 0 Å². The molecule has 2 heterocycles. The fraction of sp³-hybridized carbons (Fsp3) is 0.214. The Labute approximate surface area is 130 Å². The maximum atomic E-state index is 12.2. The average Bonchev–Trinajstić information content (AvgIpc) is 2.92. The molecule has 0 atom stereocenters. The van der Waals surface area contributed by atoms with Gasteiger partial charge >= 0.3 is 0 Å². The molecule has 0 radical (unpaired) electrons. The monoisotopic (exact) mass is 314 g/mol. The third-order valence-electron chi connectivity index (χ3n) is 3.25. The predicted molar refractivity (Wildman–Crippen MR) is 82.2 cm³/mol. The van der Waals surface area contributed by atoms with Crippen molar-refractivity contribution in [2.24, 2.45) is 7.05 Å². The number of nitrogens with one attached hydrogen (secondary N) is 1. The van der Waals surface area contributed by atoms with Crippen LogP contribution in [0.15, 0.2) is 35.4 Å². The Kier molecular flexibility index (Phi) is 3.75. The summed E-state index contributed by atoms with van der Waals surface area (Å²) in [6.07, 6.45) is 1.30. The van der Waals surface area contributed by atoms with Crippen LogP contribution in [0.4, 0.5) is 5.69 Å². The molecule has 3 aromatic rings. The Hall–Kier alpha value is -3.23. The summed E-state index contributed by atoms with van der Waals surface area (Å²) in [7, 11) is 3.18. The van der Waals surface area contributed by atoms with Gasteiger partial charge < -0.3 is 10.1 Å². The highest BCUT2D eigenvalue weighted by Crippen LogP contribution is 2.16. The molecule has 0 aliphatic rings. The predicted octanol–water partition coefficient (Wildman–Crippen LogP) is 0.172. The van der Waals surface area contributed by atoms with E-state index in [9.17, 15) is 9.59 Å². The summed E-state index contributed by atoms with van der Waals surface area (Å²) in [5.41, 5.74) is 0.670. The Bertz CT molecular complexity index is 930. The molecule has 0 fully saturated rings. The highest BCUT2D eigenvalue weighted by atomic mass is 16.5. The lowest BCUT2D eigenvalue weighted by Crippen LogP contribution is -2.28. The highest BCUT2D eigenvalue weighted by molar-refractivity contribution is 5.90. The minimum Gasteiger partial charge on any atom is -0.497 e. The fourth-order valence-corrected chi connectivity index (χ4v) is 2.12. The molecule has 9 nitrogen and oxygen atoms in total. The first kappa shape index (κ1) is 14.7. The number of rotatable bonds is 4. The van der Waals surface area contributed by atoms with Crippen LogP contribution >= 0.6 is 0 Å². The summed E-state index contributed by atoms with van der Waals surface area (Å²) in [4.78, 5) is 28.4. The third-order valence-corrected chi connectivity index (χ3v) is 3.25. The van der Waals surface area contributed by atoms with E-state index in [0.29, 0.717) is 17.1 Å². The first-order valence-electron chi connectivity index (χ1n) is 6.77. The number of aryl methyl sites for hydroxylation is 1. The van der Waals surface area contributed by atoms with Crippen LogP contribution in [0.1, 0.15) is 0 Å². The average molecular weight is 314 g/mol. The second-order valence-electron chi connectivity index (χ2n) is 4.84. The van der Waals surface area contributed by atoms with Gasteiger partial charge in [-0.2, -0.15) is 0 Å². The Morgan fingerprint density at radius 2 is 2.22 bits per heavy atom. The van der Waals surface area contributed by atoms with Crippen LogP contribution in [0.3, 0.4) is 0 Å². The first-order chi connectivity index (χ1) is 11.1. The van der Waals surface area contributed by atoms with E-state index in [4.69, 9.17) is 4.74 Å². The topological polar surface area (TPSA) is 104 Å². The molecule has 0 aliphatic carbocycles. The van der Waals surface area contributed by atoms with Gasteiger partial charge in [0.1, 0.15) is 18.6 Å². The number of anilines is 1. The molecule has 0 unspecified atom stereocenters. The largest absolute Gasteiger partial charge is 0.497 e. The zero-order chi connectivity index (χ0) is 16.4. The minimum absolute atomic E-state index is 0.129. The standard InChI is InChI=1S/C14H14N6O3/c1-19-13-12(17-18-19)14(22)20(8-15-13)7-11(21)16-9-4-3-5-10(6-9)23-2/h3-6,8H,7H2,1-2H3,(H,16,21). The molecule has 0 saturated carbocycles. The Morgan fingerprint density at radius 1 is 1.39 bits per heavy atom. The van der Waals surface area contributed by atoms with E-state index >= 15 is 0 Å². The smallest absolute Gasteiger partial charge is 0.283 e. The van der Waals surface area contributed by atoms with Crippen molar-refractivity contribution in [3.05, 3.63) is 40.9 Å². The highest BCUT2D eigenvalue weighted by Gasteiger charge is 2.12. The maximum Gasteiger partial charge on any atom is 0.283 e. The molecule has 2 aromatic heterocycles. The van der Waals surface area contributed by atoms with Gasteiger partial charge in [0.25, 0.3) is 5.56 Å². The molecule has 0 saturated heterocycles.